The Morgan fingerprint density at radius 2 is 1.50 bits per heavy atom. The Morgan fingerprint density at radius 1 is 0.868 bits per heavy atom. The van der Waals surface area contributed by atoms with Crippen LogP contribution in [0.15, 0.2) is 101 Å². The number of nitro benzene ring substituents is 1. The molecule has 188 valence electrons. The molecule has 0 saturated carbocycles. The van der Waals surface area contributed by atoms with Gasteiger partial charge in [-0.1, -0.05) is 23.9 Å². The van der Waals surface area contributed by atoms with E-state index in [0.717, 1.165) is 14.7 Å². The van der Waals surface area contributed by atoms with Gasteiger partial charge < -0.3 is 10.1 Å². The lowest BCUT2D eigenvalue weighted by atomic mass is 10.1. The van der Waals surface area contributed by atoms with Gasteiger partial charge in [0.2, 0.25) is 0 Å². The SMILES string of the molecule is COc1ccccc1N1C(=O)c2ccc(C(=O)Nc3ccc(Sc4ccc([N+](=O)[O-])cc4)cc3)cc2C1=O. The Balaban J connectivity index is 1.29. The Hall–Kier alpha value is -4.96. The molecule has 0 aliphatic carbocycles. The summed E-state index contributed by atoms with van der Waals surface area (Å²) in [4.78, 5) is 52.2. The van der Waals surface area contributed by atoms with E-state index in [4.69, 9.17) is 4.74 Å². The number of ether oxygens (including phenoxy) is 1. The molecule has 0 saturated heterocycles. The number of carbonyl (C=O) groups excluding carboxylic acids is 3. The highest BCUT2D eigenvalue weighted by Crippen LogP contribution is 2.35. The molecule has 0 aromatic heterocycles. The second-order valence-electron chi connectivity index (χ2n) is 8.21. The minimum atomic E-state index is -0.531. The van der Waals surface area contributed by atoms with Crippen molar-refractivity contribution < 1.29 is 24.0 Å². The van der Waals surface area contributed by atoms with Gasteiger partial charge in [-0.3, -0.25) is 24.5 Å². The van der Waals surface area contributed by atoms with Gasteiger partial charge in [0, 0.05) is 33.2 Å². The van der Waals surface area contributed by atoms with Crippen molar-refractivity contribution in [3.05, 3.63) is 118 Å². The number of hydrogen-bond acceptors (Lipinski definition) is 7. The van der Waals surface area contributed by atoms with Crippen LogP contribution >= 0.6 is 11.8 Å². The third-order valence-electron chi connectivity index (χ3n) is 5.87. The largest absolute Gasteiger partial charge is 0.495 e. The number of methoxy groups -OCH3 is 1. The van der Waals surface area contributed by atoms with Crippen LogP contribution in [-0.4, -0.2) is 29.8 Å². The molecular weight excluding hydrogens is 506 g/mol. The number of amides is 3. The Morgan fingerprint density at radius 3 is 2.16 bits per heavy atom. The first-order chi connectivity index (χ1) is 18.4. The fraction of sp³-hybridized carbons (Fsp3) is 0.0357. The van der Waals surface area contributed by atoms with Crippen molar-refractivity contribution in [3.8, 4) is 5.75 Å². The Kier molecular flexibility index (Phi) is 6.63. The molecular formula is C28H19N3O6S. The number of nitro groups is 1. The summed E-state index contributed by atoms with van der Waals surface area (Å²) in [7, 11) is 1.46. The smallest absolute Gasteiger partial charge is 0.269 e. The number of benzene rings is 4. The van der Waals surface area contributed by atoms with Crippen LogP contribution in [0, 0.1) is 10.1 Å². The van der Waals surface area contributed by atoms with Crippen molar-refractivity contribution in [2.24, 2.45) is 0 Å². The molecule has 4 aromatic carbocycles. The molecule has 0 unspecified atom stereocenters. The summed E-state index contributed by atoms with van der Waals surface area (Å²) in [5, 5.41) is 13.6. The maximum Gasteiger partial charge on any atom is 0.269 e. The summed E-state index contributed by atoms with van der Waals surface area (Å²) in [6.07, 6.45) is 0. The first kappa shape index (κ1) is 24.7. The predicted molar refractivity (Wildman–Crippen MR) is 142 cm³/mol. The fourth-order valence-corrected chi connectivity index (χ4v) is 4.81. The monoisotopic (exact) mass is 525 g/mol. The van der Waals surface area contributed by atoms with Gasteiger partial charge in [-0.25, -0.2) is 4.90 Å². The number of hydrogen-bond donors (Lipinski definition) is 1. The van der Waals surface area contributed by atoms with Gasteiger partial charge in [0.05, 0.1) is 28.8 Å². The molecule has 1 heterocycles. The molecule has 0 bridgehead atoms. The van der Waals surface area contributed by atoms with Gasteiger partial charge in [-0.15, -0.1) is 0 Å². The zero-order valence-electron chi connectivity index (χ0n) is 19.9. The first-order valence-corrected chi connectivity index (χ1v) is 12.2. The average molecular weight is 526 g/mol. The summed E-state index contributed by atoms with van der Waals surface area (Å²) < 4.78 is 5.30. The lowest BCUT2D eigenvalue weighted by molar-refractivity contribution is -0.384. The number of rotatable bonds is 7. The van der Waals surface area contributed by atoms with Crippen LogP contribution in [0.5, 0.6) is 5.75 Å². The lowest BCUT2D eigenvalue weighted by Gasteiger charge is -2.16. The van der Waals surface area contributed by atoms with Gasteiger partial charge in [0.1, 0.15) is 5.75 Å². The summed E-state index contributed by atoms with van der Waals surface area (Å²) >= 11 is 1.43. The molecule has 0 radical (unpaired) electrons. The van der Waals surface area contributed by atoms with E-state index in [0.29, 0.717) is 17.1 Å². The zero-order chi connectivity index (χ0) is 26.8. The number of carbonyl (C=O) groups is 3. The van der Waals surface area contributed by atoms with Gasteiger partial charge >= 0.3 is 0 Å². The summed E-state index contributed by atoms with van der Waals surface area (Å²) in [6, 6.07) is 24.5. The van der Waals surface area contributed by atoms with Crippen LogP contribution in [0.25, 0.3) is 0 Å². The van der Waals surface area contributed by atoms with Gasteiger partial charge in [0.15, 0.2) is 0 Å². The number of anilines is 2. The first-order valence-electron chi connectivity index (χ1n) is 11.4. The Bertz CT molecular complexity index is 1590. The summed E-state index contributed by atoms with van der Waals surface area (Å²) in [6.45, 7) is 0. The van der Waals surface area contributed by atoms with Gasteiger partial charge in [0.25, 0.3) is 23.4 Å². The maximum absolute atomic E-state index is 13.1. The van der Waals surface area contributed by atoms with Crippen LogP contribution in [0.1, 0.15) is 31.1 Å². The quantitative estimate of drug-likeness (QED) is 0.184. The molecule has 38 heavy (non-hydrogen) atoms. The van der Waals surface area contributed by atoms with Crippen molar-refractivity contribution in [1.82, 2.24) is 0 Å². The highest BCUT2D eigenvalue weighted by atomic mass is 32.2. The third-order valence-corrected chi connectivity index (χ3v) is 6.89. The number of fused-ring (bicyclic) bond motifs is 1. The van der Waals surface area contributed by atoms with Crippen molar-refractivity contribution in [2.45, 2.75) is 9.79 Å². The average Bonchev–Trinajstić information content (AvgIpc) is 3.18. The molecule has 9 nitrogen and oxygen atoms in total. The number of para-hydroxylation sites is 2. The van der Waals surface area contributed by atoms with Gasteiger partial charge in [-0.2, -0.15) is 0 Å². The van der Waals surface area contributed by atoms with Crippen LogP contribution < -0.4 is 15.0 Å². The predicted octanol–water partition coefficient (Wildman–Crippen LogP) is 5.81. The molecule has 0 spiro atoms. The molecule has 5 rings (SSSR count). The van der Waals surface area contributed by atoms with Crippen LogP contribution in [-0.2, 0) is 0 Å². The normalized spacial score (nSPS) is 12.3. The van der Waals surface area contributed by atoms with E-state index >= 15 is 0 Å². The van der Waals surface area contributed by atoms with Gasteiger partial charge in [-0.05, 0) is 66.7 Å². The van der Waals surface area contributed by atoms with E-state index in [-0.39, 0.29) is 22.4 Å². The standard InChI is InChI=1S/C28H19N3O6S/c1-37-25-5-3-2-4-24(25)30-27(33)22-15-6-17(16-23(22)28(30)34)26(32)29-18-7-11-20(12-8-18)38-21-13-9-19(10-14-21)31(35)36/h2-16H,1H3,(H,29,32). The molecule has 3 amide bonds. The lowest BCUT2D eigenvalue weighted by Crippen LogP contribution is -2.29. The zero-order valence-corrected chi connectivity index (χ0v) is 20.7. The van der Waals surface area contributed by atoms with E-state index < -0.39 is 22.6 Å². The molecule has 0 atom stereocenters. The third kappa shape index (κ3) is 4.72. The molecule has 1 aliphatic heterocycles. The van der Waals surface area contributed by atoms with E-state index in [1.807, 2.05) is 12.1 Å². The molecule has 1 N–H and O–H groups in total. The highest BCUT2D eigenvalue weighted by molar-refractivity contribution is 7.99. The van der Waals surface area contributed by atoms with Crippen molar-refractivity contribution >= 4 is 46.5 Å². The molecule has 4 aromatic rings. The number of nitrogens with one attached hydrogen (secondary N) is 1. The van der Waals surface area contributed by atoms with E-state index in [1.54, 1.807) is 48.5 Å². The molecule has 0 fully saturated rings. The second kappa shape index (κ2) is 10.2. The summed E-state index contributed by atoms with van der Waals surface area (Å²) in [5.74, 6) is -1.06. The molecule has 10 heteroatoms. The maximum atomic E-state index is 13.1. The Labute approximate surface area is 221 Å². The van der Waals surface area contributed by atoms with E-state index in [2.05, 4.69) is 5.32 Å². The fourth-order valence-electron chi connectivity index (χ4n) is 4.00. The van der Waals surface area contributed by atoms with Crippen molar-refractivity contribution in [3.63, 3.8) is 0 Å². The van der Waals surface area contributed by atoms with E-state index in [1.165, 1.54) is 49.2 Å². The number of nitrogens with zero attached hydrogens (tertiary/aromatic N) is 2. The van der Waals surface area contributed by atoms with E-state index in [9.17, 15) is 24.5 Å². The van der Waals surface area contributed by atoms with Crippen molar-refractivity contribution in [2.75, 3.05) is 17.3 Å². The second-order valence-corrected chi connectivity index (χ2v) is 9.36. The molecule has 1 aliphatic rings. The minimum Gasteiger partial charge on any atom is -0.495 e. The topological polar surface area (TPSA) is 119 Å². The van der Waals surface area contributed by atoms with Crippen LogP contribution in [0.4, 0.5) is 17.1 Å². The van der Waals surface area contributed by atoms with Crippen molar-refractivity contribution in [1.29, 1.82) is 0 Å². The highest BCUT2D eigenvalue weighted by Gasteiger charge is 2.38. The van der Waals surface area contributed by atoms with Crippen LogP contribution in [0.2, 0.25) is 0 Å². The van der Waals surface area contributed by atoms with Crippen LogP contribution in [0.3, 0.4) is 0 Å². The summed E-state index contributed by atoms with van der Waals surface area (Å²) in [5.41, 5.74) is 1.49. The number of imide groups is 1. The minimum absolute atomic E-state index is 0.0255. The number of non-ortho nitro benzene ring substituents is 1.